The minimum atomic E-state index is -2.36. The molecule has 0 amide bonds. The van der Waals surface area contributed by atoms with E-state index in [4.69, 9.17) is 6.42 Å². The van der Waals surface area contributed by atoms with Crippen LogP contribution in [0.3, 0.4) is 0 Å². The maximum absolute atomic E-state index is 5.60. The number of hydrogen-bond donors (Lipinski definition) is 0. The summed E-state index contributed by atoms with van der Waals surface area (Å²) in [5, 5.41) is 5.20. The Hall–Kier alpha value is -4.27. The quantitative estimate of drug-likeness (QED) is 0.115. The van der Waals surface area contributed by atoms with Crippen LogP contribution in [0, 0.1) is 16.7 Å². The zero-order chi connectivity index (χ0) is 30.4. The van der Waals surface area contributed by atoms with Crippen LogP contribution in [0.4, 0.5) is 0 Å². The predicted molar refractivity (Wildman–Crippen MR) is 187 cm³/mol. The zero-order valence-electron chi connectivity index (χ0n) is 24.6. The van der Waals surface area contributed by atoms with E-state index in [0.29, 0.717) is 0 Å². The first kappa shape index (κ1) is 29.8. The predicted octanol–water partition coefficient (Wildman–Crippen LogP) is 9.21. The van der Waals surface area contributed by atoms with E-state index in [1.165, 1.54) is 43.5 Å². The van der Waals surface area contributed by atoms with E-state index >= 15 is 0 Å². The van der Waals surface area contributed by atoms with E-state index in [0.717, 1.165) is 36.0 Å². The van der Waals surface area contributed by atoms with Crippen LogP contribution in [-0.2, 0) is 17.9 Å². The summed E-state index contributed by atoms with van der Waals surface area (Å²) in [6.07, 6.45) is 11.3. The Morgan fingerprint density at radius 3 is 1.55 bits per heavy atom. The first-order valence-corrected chi connectivity index (χ1v) is 17.9. The third-order valence-electron chi connectivity index (χ3n) is 8.38. The van der Waals surface area contributed by atoms with Crippen LogP contribution in [0.25, 0.3) is 16.7 Å². The van der Waals surface area contributed by atoms with Gasteiger partial charge in [0.2, 0.25) is 0 Å². The molecule has 1 aliphatic rings. The topological polar surface area (TPSA) is 0 Å². The van der Waals surface area contributed by atoms with Crippen molar-refractivity contribution >= 4 is 28.7 Å². The molecule has 5 aromatic rings. The Kier molecular flexibility index (Phi) is 9.19. The van der Waals surface area contributed by atoms with Gasteiger partial charge in [0.25, 0.3) is 0 Å². The molecule has 0 radical (unpaired) electrons. The summed E-state index contributed by atoms with van der Waals surface area (Å²) in [5.74, 6) is 2.72. The van der Waals surface area contributed by atoms with Crippen molar-refractivity contribution in [3.63, 3.8) is 0 Å². The minimum absolute atomic E-state index is 0.890. The molecule has 0 aromatic heterocycles. The fourth-order valence-corrected chi connectivity index (χ4v) is 12.0. The van der Waals surface area contributed by atoms with Gasteiger partial charge < -0.3 is 0 Å². The van der Waals surface area contributed by atoms with Crippen molar-refractivity contribution in [2.45, 2.75) is 19.3 Å². The Bertz CT molecular complexity index is 1820. The van der Waals surface area contributed by atoms with E-state index < -0.39 is 7.26 Å². The zero-order valence-corrected chi connectivity index (χ0v) is 28.0. The third-order valence-corrected chi connectivity index (χ3v) is 13.8. The molecule has 0 nitrogen and oxygen atoms in total. The molecule has 0 atom stereocenters. The van der Waals surface area contributed by atoms with Crippen molar-refractivity contribution < 1.29 is 17.9 Å². The van der Waals surface area contributed by atoms with E-state index in [-0.39, 0.29) is 0 Å². The molecule has 1 aliphatic carbocycles. The fraction of sp³-hybridized carbons (Fsp3) is 0.0714. The molecule has 0 spiro atoms. The van der Waals surface area contributed by atoms with Crippen LogP contribution in [0.15, 0.2) is 169 Å². The van der Waals surface area contributed by atoms with E-state index in [9.17, 15) is 0 Å². The molecule has 44 heavy (non-hydrogen) atoms. The van der Waals surface area contributed by atoms with Gasteiger partial charge in [-0.25, -0.2) is 0 Å². The molecule has 0 saturated heterocycles. The van der Waals surface area contributed by atoms with Gasteiger partial charge in [0.1, 0.15) is 0 Å². The molecule has 1 fully saturated rings. The van der Waals surface area contributed by atoms with Crippen molar-refractivity contribution in [3.05, 3.63) is 180 Å². The van der Waals surface area contributed by atoms with Gasteiger partial charge in [-0.05, 0) is 0 Å². The van der Waals surface area contributed by atoms with Crippen molar-refractivity contribution in [2.75, 3.05) is 0 Å². The summed E-state index contributed by atoms with van der Waals surface area (Å²) in [4.78, 5) is 0. The fourth-order valence-electron chi connectivity index (χ4n) is 6.14. The molecule has 5 aromatic carbocycles. The second kappa shape index (κ2) is 13.6. The molecule has 0 unspecified atom stereocenters. The molecule has 1 saturated carbocycles. The number of terminal acetylenes is 1. The first-order valence-electron chi connectivity index (χ1n) is 14.9. The Labute approximate surface area is 272 Å². The van der Waals surface area contributed by atoms with Gasteiger partial charge in [0.15, 0.2) is 0 Å². The van der Waals surface area contributed by atoms with Crippen molar-refractivity contribution in [1.29, 1.82) is 0 Å². The average molecular weight is 759 g/mol. The van der Waals surface area contributed by atoms with Gasteiger partial charge in [-0.3, -0.25) is 0 Å². The molecular formula is C42H33OsP+. The Morgan fingerprint density at radius 1 is 0.659 bits per heavy atom. The van der Waals surface area contributed by atoms with E-state index in [1.807, 2.05) is 30.1 Å². The average Bonchev–Trinajstić information content (AvgIpc) is 3.51. The van der Waals surface area contributed by atoms with Gasteiger partial charge in [-0.2, -0.15) is 0 Å². The molecule has 0 aliphatic heterocycles. The van der Waals surface area contributed by atoms with E-state index in [1.54, 1.807) is 0 Å². The maximum atomic E-state index is 5.60. The monoisotopic (exact) mass is 760 g/mol. The van der Waals surface area contributed by atoms with Crippen LogP contribution in [-0.4, -0.2) is 0 Å². The van der Waals surface area contributed by atoms with Crippen LogP contribution in [0.1, 0.15) is 30.4 Å². The molecule has 213 valence electrons. The standard InChI is InChI=1S/C42H33P.Os/c1-4-34-23-25-35(26-24-34)36-27-29-37(30-28-36)42(31-38-16-14-15-32(38)2)33(3)43(39-17-8-5-9-18-39,40-19-10-6-11-20-40)41-21-12-7-13-22-41;/h1,5-13,17-31H,2,14-16H2;/q+1;. The SMILES string of the molecule is C#Cc1ccc(-c2ccc(C(C=C3CCCC3=C)=C([C]#[Os])[P+](c3ccccc3)(c3ccccc3)c3ccccc3)cc2)cc1. The van der Waals surface area contributed by atoms with Crippen LogP contribution >= 0.6 is 7.26 Å². The number of benzene rings is 5. The van der Waals surface area contributed by atoms with Gasteiger partial charge in [-0.1, -0.05) is 0 Å². The molecule has 2 heteroatoms. The summed E-state index contributed by atoms with van der Waals surface area (Å²) in [6.45, 7) is 4.46. The summed E-state index contributed by atoms with van der Waals surface area (Å²) in [7, 11) is -2.36. The van der Waals surface area contributed by atoms with E-state index in [2.05, 4.69) is 150 Å². The van der Waals surface area contributed by atoms with Crippen molar-refractivity contribution in [1.82, 2.24) is 0 Å². The number of hydrogen-bond acceptors (Lipinski definition) is 0. The molecule has 6 rings (SSSR count). The van der Waals surface area contributed by atoms with Crippen LogP contribution in [0.2, 0.25) is 0 Å². The van der Waals surface area contributed by atoms with Crippen LogP contribution in [0.5, 0.6) is 0 Å². The number of rotatable bonds is 7. The first-order chi connectivity index (χ1) is 21.6. The van der Waals surface area contributed by atoms with Gasteiger partial charge in [0, 0.05) is 0 Å². The van der Waals surface area contributed by atoms with Gasteiger partial charge in [0.05, 0.1) is 0 Å². The third kappa shape index (κ3) is 5.79. The Balaban J connectivity index is 1.67. The molecule has 0 heterocycles. The summed E-state index contributed by atoms with van der Waals surface area (Å²) < 4.78 is 3.85. The summed E-state index contributed by atoms with van der Waals surface area (Å²) >= 11 is 1.83. The normalized spacial score (nSPS) is 14.5. The van der Waals surface area contributed by atoms with Crippen molar-refractivity contribution in [3.8, 4) is 27.8 Å². The molecule has 0 bridgehead atoms. The number of allylic oxidation sites excluding steroid dienone is 5. The summed E-state index contributed by atoms with van der Waals surface area (Å²) in [6, 6.07) is 50.4. The molecular weight excluding hydrogens is 726 g/mol. The van der Waals surface area contributed by atoms with Crippen LogP contribution < -0.4 is 15.9 Å². The van der Waals surface area contributed by atoms with Gasteiger partial charge in [-0.15, -0.1) is 6.42 Å². The van der Waals surface area contributed by atoms with Gasteiger partial charge >= 0.3 is 267 Å². The Morgan fingerprint density at radius 2 is 1.14 bits per heavy atom. The molecule has 0 N–H and O–H groups in total. The second-order valence-electron chi connectivity index (χ2n) is 11.0. The van der Waals surface area contributed by atoms with Crippen molar-refractivity contribution in [2.24, 2.45) is 0 Å². The summed E-state index contributed by atoms with van der Waals surface area (Å²) in [5.41, 5.74) is 8.20. The second-order valence-corrected chi connectivity index (χ2v) is 14.9.